The maximum Gasteiger partial charge on any atom is 0.119 e. The first-order valence-electron chi connectivity index (χ1n) is 7.35. The molecule has 0 bridgehead atoms. The fraction of sp³-hybridized carbons (Fsp3) is 0.625. The zero-order valence-corrected chi connectivity index (χ0v) is 13.3. The zero-order chi connectivity index (χ0) is 13.5. The molecule has 0 heterocycles. The van der Waals surface area contributed by atoms with Crippen LogP contribution in [0.5, 0.6) is 5.75 Å². The van der Waals surface area contributed by atoms with Crippen LogP contribution in [-0.4, -0.2) is 38.2 Å². The number of nitrogens with zero attached hydrogens (tertiary/aromatic N) is 1. The third-order valence-electron chi connectivity index (χ3n) is 3.59. The number of rotatable bonds is 7. The molecule has 20 heavy (non-hydrogen) atoms. The summed E-state index contributed by atoms with van der Waals surface area (Å²) in [6, 6.07) is 8.52. The molecule has 0 spiro atoms. The lowest BCUT2D eigenvalue weighted by Crippen LogP contribution is -3.00. The molecule has 0 aromatic heterocycles. The first-order valence-corrected chi connectivity index (χ1v) is 7.35. The summed E-state index contributed by atoms with van der Waals surface area (Å²) in [6.45, 7) is 3.02. The third-order valence-corrected chi connectivity index (χ3v) is 3.59. The lowest BCUT2D eigenvalue weighted by atomic mass is 10.2. The van der Waals surface area contributed by atoms with Crippen molar-refractivity contribution in [2.45, 2.75) is 38.3 Å². The third kappa shape index (κ3) is 6.12. The molecule has 4 heteroatoms. The number of nitrogens with one attached hydrogen (secondary N) is 1. The normalized spacial score (nSPS) is 15.3. The van der Waals surface area contributed by atoms with Gasteiger partial charge in [-0.15, -0.1) is 0 Å². The van der Waals surface area contributed by atoms with Crippen LogP contribution in [0.2, 0.25) is 0 Å². The van der Waals surface area contributed by atoms with E-state index in [1.165, 1.54) is 31.2 Å². The average molecular weight is 298 g/mol. The van der Waals surface area contributed by atoms with Gasteiger partial charge in [0.1, 0.15) is 5.75 Å². The summed E-state index contributed by atoms with van der Waals surface area (Å²) in [7, 11) is 4.19. The molecule has 0 radical (unpaired) electrons. The van der Waals surface area contributed by atoms with Gasteiger partial charge < -0.3 is 27.4 Å². The van der Waals surface area contributed by atoms with Crippen molar-refractivity contribution in [3.63, 3.8) is 0 Å². The van der Waals surface area contributed by atoms with Crippen LogP contribution in [0.25, 0.3) is 0 Å². The van der Waals surface area contributed by atoms with Crippen LogP contribution in [0, 0.1) is 0 Å². The number of benzene rings is 1. The highest BCUT2D eigenvalue weighted by molar-refractivity contribution is 5.27. The largest absolute Gasteiger partial charge is 1.00 e. The minimum atomic E-state index is 0. The summed E-state index contributed by atoms with van der Waals surface area (Å²) in [5, 5.41) is 3.44. The van der Waals surface area contributed by atoms with Crippen LogP contribution in [0.3, 0.4) is 0 Å². The van der Waals surface area contributed by atoms with E-state index in [0.29, 0.717) is 6.10 Å². The van der Waals surface area contributed by atoms with Gasteiger partial charge in [0, 0.05) is 19.6 Å². The van der Waals surface area contributed by atoms with Crippen LogP contribution in [0.15, 0.2) is 24.3 Å². The summed E-state index contributed by atoms with van der Waals surface area (Å²) in [4.78, 5) is 2.19. The van der Waals surface area contributed by atoms with Crippen molar-refractivity contribution in [3.8, 4) is 5.75 Å². The summed E-state index contributed by atoms with van der Waals surface area (Å²) < 4.78 is 5.96. The van der Waals surface area contributed by atoms with Crippen LogP contribution >= 0.6 is 0 Å². The summed E-state index contributed by atoms with van der Waals surface area (Å²) in [6.07, 6.45) is 5.52. The fourth-order valence-corrected chi connectivity index (χ4v) is 2.42. The Bertz CT molecular complexity index is 361. The van der Waals surface area contributed by atoms with E-state index in [4.69, 9.17) is 4.74 Å². The maximum absolute atomic E-state index is 5.96. The monoisotopic (exact) mass is 297 g/mol. The van der Waals surface area contributed by atoms with Crippen LogP contribution in [0.1, 0.15) is 31.2 Å². The first-order chi connectivity index (χ1) is 9.24. The van der Waals surface area contributed by atoms with Crippen molar-refractivity contribution in [2.75, 3.05) is 27.2 Å². The summed E-state index contributed by atoms with van der Waals surface area (Å²) >= 11 is 0. The second-order valence-corrected chi connectivity index (χ2v) is 5.65. The Morgan fingerprint density at radius 2 is 1.80 bits per heavy atom. The van der Waals surface area contributed by atoms with Crippen LogP contribution in [-0.2, 0) is 6.54 Å². The minimum Gasteiger partial charge on any atom is -1.00 e. The van der Waals surface area contributed by atoms with E-state index in [2.05, 4.69) is 48.6 Å². The molecule has 1 aliphatic rings. The zero-order valence-electron chi connectivity index (χ0n) is 12.6. The highest BCUT2D eigenvalue weighted by atomic mass is 35.5. The van der Waals surface area contributed by atoms with Gasteiger partial charge >= 0.3 is 0 Å². The first kappa shape index (κ1) is 17.3. The number of ether oxygens (including phenoxy) is 1. The van der Waals surface area contributed by atoms with Gasteiger partial charge in [0.25, 0.3) is 0 Å². The molecular weight excluding hydrogens is 272 g/mol. The summed E-state index contributed by atoms with van der Waals surface area (Å²) in [5.74, 6) is 1.02. The van der Waals surface area contributed by atoms with Crippen LogP contribution in [0.4, 0.5) is 0 Å². The Kier molecular flexibility index (Phi) is 7.97. The summed E-state index contributed by atoms with van der Waals surface area (Å²) in [5.41, 5.74) is 1.32. The van der Waals surface area contributed by atoms with Crippen LogP contribution < -0.4 is 22.5 Å². The lowest BCUT2D eigenvalue weighted by Gasteiger charge is -2.13. The molecule has 0 atom stereocenters. The van der Waals surface area contributed by atoms with E-state index in [1.54, 1.807) is 0 Å². The smallest absolute Gasteiger partial charge is 0.119 e. The van der Waals surface area contributed by atoms with Crippen molar-refractivity contribution in [3.05, 3.63) is 29.8 Å². The predicted molar refractivity (Wildman–Crippen MR) is 79.6 cm³/mol. The molecule has 1 saturated carbocycles. The predicted octanol–water partition coefficient (Wildman–Crippen LogP) is -0.337. The van der Waals surface area contributed by atoms with E-state index in [-0.39, 0.29) is 12.4 Å². The number of likely N-dealkylation sites (N-methyl/N-ethyl adjacent to an activating group) is 1. The van der Waals surface area contributed by atoms with Crippen molar-refractivity contribution < 1.29 is 17.1 Å². The Balaban J connectivity index is 0.00000200. The number of hydrogen-bond acceptors (Lipinski definition) is 3. The topological polar surface area (TPSA) is 24.5 Å². The van der Waals surface area contributed by atoms with E-state index in [1.807, 2.05) is 0 Å². The molecule has 3 nitrogen and oxygen atoms in total. The molecule has 2 rings (SSSR count). The highest BCUT2D eigenvalue weighted by Crippen LogP contribution is 2.24. The molecule has 0 amide bonds. The van der Waals surface area contributed by atoms with Gasteiger partial charge in [0.2, 0.25) is 0 Å². The molecule has 0 aliphatic heterocycles. The minimum absolute atomic E-state index is 0. The fourth-order valence-electron chi connectivity index (χ4n) is 2.42. The highest BCUT2D eigenvalue weighted by Gasteiger charge is 2.16. The lowest BCUT2D eigenvalue weighted by molar-refractivity contribution is -0.00000508. The number of hydrogen-bond donors (Lipinski definition) is 1. The molecule has 114 valence electrons. The molecule has 0 unspecified atom stereocenters. The quantitative estimate of drug-likeness (QED) is 0.697. The molecule has 1 aromatic rings. The van der Waals surface area contributed by atoms with Crippen molar-refractivity contribution >= 4 is 0 Å². The molecular formula is C16H26ClN2O-. The Hall–Kier alpha value is -0.770. The van der Waals surface area contributed by atoms with Gasteiger partial charge in [-0.1, -0.05) is 12.1 Å². The van der Waals surface area contributed by atoms with E-state index in [9.17, 15) is 0 Å². The maximum atomic E-state index is 5.96. The van der Waals surface area contributed by atoms with Crippen molar-refractivity contribution in [1.29, 1.82) is 0 Å². The second-order valence-electron chi connectivity index (χ2n) is 5.65. The van der Waals surface area contributed by atoms with Gasteiger partial charge in [0.15, 0.2) is 0 Å². The molecule has 0 saturated heterocycles. The average Bonchev–Trinajstić information content (AvgIpc) is 2.89. The van der Waals surface area contributed by atoms with E-state index in [0.717, 1.165) is 25.4 Å². The molecule has 1 aliphatic carbocycles. The van der Waals surface area contributed by atoms with E-state index < -0.39 is 0 Å². The van der Waals surface area contributed by atoms with Gasteiger partial charge in [-0.25, -0.2) is 0 Å². The van der Waals surface area contributed by atoms with E-state index >= 15 is 0 Å². The van der Waals surface area contributed by atoms with Gasteiger partial charge in [0.05, 0.1) is 6.10 Å². The number of halogens is 1. The Morgan fingerprint density at radius 1 is 1.15 bits per heavy atom. The van der Waals surface area contributed by atoms with Gasteiger partial charge in [-0.3, -0.25) is 0 Å². The van der Waals surface area contributed by atoms with Gasteiger partial charge in [-0.2, -0.15) is 0 Å². The Labute approximate surface area is 129 Å². The second kappa shape index (κ2) is 9.22. The molecule has 1 aromatic carbocycles. The molecule has 1 fully saturated rings. The SMILES string of the molecule is CN(C)CCNCc1ccc(OC2CCCC2)cc1.[Cl-]. The van der Waals surface area contributed by atoms with Crippen molar-refractivity contribution in [1.82, 2.24) is 10.2 Å². The Morgan fingerprint density at radius 3 is 2.40 bits per heavy atom. The standard InChI is InChI=1S/C16H26N2O.ClH/c1-18(2)12-11-17-13-14-7-9-16(10-8-14)19-15-5-3-4-6-15;/h7-10,15,17H,3-6,11-13H2,1-2H3;1H/p-1. The van der Waals surface area contributed by atoms with Crippen molar-refractivity contribution in [2.24, 2.45) is 0 Å². The molecule has 1 N–H and O–H groups in total. The van der Waals surface area contributed by atoms with Gasteiger partial charge in [-0.05, 0) is 57.5 Å².